The second kappa shape index (κ2) is 9.03. The van der Waals surface area contributed by atoms with Gasteiger partial charge < -0.3 is 16.0 Å². The van der Waals surface area contributed by atoms with Crippen molar-refractivity contribution in [1.82, 2.24) is 10.3 Å². The molecule has 3 aromatic rings. The van der Waals surface area contributed by atoms with Gasteiger partial charge in [-0.25, -0.2) is 0 Å². The molecule has 0 aliphatic heterocycles. The molecule has 134 valence electrons. The summed E-state index contributed by atoms with van der Waals surface area (Å²) in [5.41, 5.74) is 2.84. The summed E-state index contributed by atoms with van der Waals surface area (Å²) in [4.78, 5) is 4.35. The molecule has 1 heterocycles. The smallest absolute Gasteiger partial charge is 0.170 e. The SMILES string of the molecule is S=C(NCCCNc1ccnc2cc(Cl)ccc12)Nc1ccc(Cl)cc1. The molecule has 7 heteroatoms. The summed E-state index contributed by atoms with van der Waals surface area (Å²) < 4.78 is 0. The van der Waals surface area contributed by atoms with Gasteiger partial charge >= 0.3 is 0 Å². The van der Waals surface area contributed by atoms with E-state index in [0.717, 1.165) is 41.8 Å². The molecule has 0 atom stereocenters. The van der Waals surface area contributed by atoms with E-state index in [4.69, 9.17) is 35.4 Å². The fourth-order valence-corrected chi connectivity index (χ4v) is 3.01. The predicted octanol–water partition coefficient (Wildman–Crippen LogP) is 5.33. The second-order valence-corrected chi connectivity index (χ2v) is 6.97. The fraction of sp³-hybridized carbons (Fsp3) is 0.158. The zero-order valence-electron chi connectivity index (χ0n) is 13.9. The van der Waals surface area contributed by atoms with Crippen LogP contribution in [0.1, 0.15) is 6.42 Å². The Hall–Kier alpha value is -2.08. The van der Waals surface area contributed by atoms with Crippen LogP contribution in [0.25, 0.3) is 10.9 Å². The number of thiocarbonyl (C=S) groups is 1. The van der Waals surface area contributed by atoms with Crippen LogP contribution in [0.3, 0.4) is 0 Å². The molecule has 0 unspecified atom stereocenters. The highest BCUT2D eigenvalue weighted by atomic mass is 35.5. The number of nitrogens with one attached hydrogen (secondary N) is 3. The zero-order valence-corrected chi connectivity index (χ0v) is 16.3. The number of anilines is 2. The molecule has 0 amide bonds. The molecule has 0 bridgehead atoms. The van der Waals surface area contributed by atoms with Gasteiger partial charge in [-0.05, 0) is 67.2 Å². The predicted molar refractivity (Wildman–Crippen MR) is 116 cm³/mol. The van der Waals surface area contributed by atoms with Crippen LogP contribution in [-0.2, 0) is 0 Å². The molecule has 0 radical (unpaired) electrons. The molecule has 1 aromatic heterocycles. The van der Waals surface area contributed by atoms with E-state index < -0.39 is 0 Å². The van der Waals surface area contributed by atoms with Gasteiger partial charge in [0.1, 0.15) is 0 Å². The molecule has 3 N–H and O–H groups in total. The quantitative estimate of drug-likeness (QED) is 0.382. The molecule has 0 aliphatic rings. The molecular weight excluding hydrogens is 387 g/mol. The van der Waals surface area contributed by atoms with Crippen molar-refractivity contribution in [2.75, 3.05) is 23.7 Å². The first-order valence-corrected chi connectivity index (χ1v) is 9.37. The summed E-state index contributed by atoms with van der Waals surface area (Å²) >= 11 is 17.2. The largest absolute Gasteiger partial charge is 0.384 e. The minimum Gasteiger partial charge on any atom is -0.384 e. The number of pyridine rings is 1. The summed E-state index contributed by atoms with van der Waals surface area (Å²) in [5, 5.41) is 12.8. The van der Waals surface area contributed by atoms with Gasteiger partial charge in [0, 0.05) is 46.1 Å². The van der Waals surface area contributed by atoms with Gasteiger partial charge in [0.15, 0.2) is 5.11 Å². The maximum absolute atomic E-state index is 6.02. The van der Waals surface area contributed by atoms with Crippen LogP contribution in [0, 0.1) is 0 Å². The lowest BCUT2D eigenvalue weighted by Gasteiger charge is -2.12. The molecule has 4 nitrogen and oxygen atoms in total. The Bertz CT molecular complexity index is 900. The van der Waals surface area contributed by atoms with E-state index in [1.807, 2.05) is 48.5 Å². The van der Waals surface area contributed by atoms with Gasteiger partial charge in [0.2, 0.25) is 0 Å². The van der Waals surface area contributed by atoms with E-state index in [1.54, 1.807) is 6.20 Å². The fourth-order valence-electron chi connectivity index (χ4n) is 2.50. The van der Waals surface area contributed by atoms with Crippen LogP contribution in [0.2, 0.25) is 10.0 Å². The van der Waals surface area contributed by atoms with Gasteiger partial charge in [0.25, 0.3) is 0 Å². The highest BCUT2D eigenvalue weighted by Gasteiger charge is 2.02. The van der Waals surface area contributed by atoms with E-state index in [9.17, 15) is 0 Å². The van der Waals surface area contributed by atoms with Crippen molar-refractivity contribution in [3.8, 4) is 0 Å². The number of fused-ring (bicyclic) bond motifs is 1. The van der Waals surface area contributed by atoms with Gasteiger partial charge in [-0.3, -0.25) is 4.98 Å². The summed E-state index contributed by atoms with van der Waals surface area (Å²) in [6.45, 7) is 1.58. The molecule has 0 aliphatic carbocycles. The van der Waals surface area contributed by atoms with Gasteiger partial charge in [-0.15, -0.1) is 0 Å². The summed E-state index contributed by atoms with van der Waals surface area (Å²) in [6.07, 6.45) is 2.70. The average Bonchev–Trinajstić information content (AvgIpc) is 2.63. The van der Waals surface area contributed by atoms with E-state index in [-0.39, 0.29) is 0 Å². The van der Waals surface area contributed by atoms with Crippen LogP contribution < -0.4 is 16.0 Å². The van der Waals surface area contributed by atoms with Crippen molar-refractivity contribution in [3.05, 3.63) is 64.8 Å². The molecule has 0 saturated carbocycles. The summed E-state index contributed by atoms with van der Waals surface area (Å²) in [6, 6.07) is 15.1. The lowest BCUT2D eigenvalue weighted by Crippen LogP contribution is -2.30. The van der Waals surface area contributed by atoms with Crippen molar-refractivity contribution in [2.24, 2.45) is 0 Å². The first-order chi connectivity index (χ1) is 12.6. The van der Waals surface area contributed by atoms with Gasteiger partial charge in [0.05, 0.1) is 5.52 Å². The first kappa shape index (κ1) is 18.7. The standard InChI is InChI=1S/C19H18Cl2N4S/c20-13-2-5-15(6-3-13)25-19(26)24-10-1-9-22-17-8-11-23-18-12-14(21)4-7-16(17)18/h2-8,11-12H,1,9-10H2,(H,22,23)(H2,24,25,26). The number of nitrogens with zero attached hydrogens (tertiary/aromatic N) is 1. The highest BCUT2D eigenvalue weighted by Crippen LogP contribution is 2.24. The molecule has 3 rings (SSSR count). The Kier molecular flexibility index (Phi) is 6.50. The van der Waals surface area contributed by atoms with Crippen molar-refractivity contribution >= 4 is 62.8 Å². The molecule has 0 saturated heterocycles. The minimum atomic E-state index is 0.594. The minimum absolute atomic E-state index is 0.594. The molecule has 26 heavy (non-hydrogen) atoms. The number of halogens is 2. The third-order valence-electron chi connectivity index (χ3n) is 3.76. The highest BCUT2D eigenvalue weighted by molar-refractivity contribution is 7.80. The molecule has 2 aromatic carbocycles. The number of aromatic nitrogens is 1. The Morgan fingerprint density at radius 3 is 2.54 bits per heavy atom. The van der Waals surface area contributed by atoms with E-state index in [1.165, 1.54) is 0 Å². The maximum Gasteiger partial charge on any atom is 0.170 e. The molecule has 0 fully saturated rings. The van der Waals surface area contributed by atoms with E-state index in [0.29, 0.717) is 15.2 Å². The second-order valence-electron chi connectivity index (χ2n) is 5.69. The monoisotopic (exact) mass is 404 g/mol. The van der Waals surface area contributed by atoms with E-state index in [2.05, 4.69) is 20.9 Å². The topological polar surface area (TPSA) is 49.0 Å². The maximum atomic E-state index is 6.02. The Morgan fingerprint density at radius 2 is 1.73 bits per heavy atom. The Labute approximate surface area is 167 Å². The normalized spacial score (nSPS) is 10.5. The van der Waals surface area contributed by atoms with Gasteiger partial charge in [-0.2, -0.15) is 0 Å². The van der Waals surface area contributed by atoms with Crippen molar-refractivity contribution in [3.63, 3.8) is 0 Å². The molecular formula is C19H18Cl2N4S. The lowest BCUT2D eigenvalue weighted by molar-refractivity contribution is 0.809. The number of hydrogen-bond donors (Lipinski definition) is 3. The Balaban J connectivity index is 1.43. The third kappa shape index (κ3) is 5.21. The van der Waals surface area contributed by atoms with Crippen LogP contribution in [-0.4, -0.2) is 23.2 Å². The first-order valence-electron chi connectivity index (χ1n) is 8.20. The zero-order chi connectivity index (χ0) is 18.4. The lowest BCUT2D eigenvalue weighted by atomic mass is 10.2. The van der Waals surface area contributed by atoms with Crippen LogP contribution >= 0.6 is 35.4 Å². The van der Waals surface area contributed by atoms with Crippen LogP contribution in [0.15, 0.2) is 54.7 Å². The van der Waals surface area contributed by atoms with E-state index >= 15 is 0 Å². The van der Waals surface area contributed by atoms with Crippen LogP contribution in [0.4, 0.5) is 11.4 Å². The summed E-state index contributed by atoms with van der Waals surface area (Å²) in [5.74, 6) is 0. The number of benzene rings is 2. The van der Waals surface area contributed by atoms with Gasteiger partial charge in [-0.1, -0.05) is 23.2 Å². The summed E-state index contributed by atoms with van der Waals surface area (Å²) in [7, 11) is 0. The number of hydrogen-bond acceptors (Lipinski definition) is 3. The van der Waals surface area contributed by atoms with Crippen molar-refractivity contribution < 1.29 is 0 Å². The van der Waals surface area contributed by atoms with Crippen molar-refractivity contribution in [1.29, 1.82) is 0 Å². The van der Waals surface area contributed by atoms with Crippen LogP contribution in [0.5, 0.6) is 0 Å². The third-order valence-corrected chi connectivity index (χ3v) is 4.49. The average molecular weight is 405 g/mol. The molecule has 0 spiro atoms. The number of rotatable bonds is 6. The Morgan fingerprint density at radius 1 is 0.962 bits per heavy atom. The van der Waals surface area contributed by atoms with Crippen molar-refractivity contribution in [2.45, 2.75) is 6.42 Å².